The van der Waals surface area contributed by atoms with Crippen molar-refractivity contribution in [1.29, 1.82) is 0 Å². The second kappa shape index (κ2) is 9.68. The summed E-state index contributed by atoms with van der Waals surface area (Å²) in [6, 6.07) is 11.3. The molecule has 150 valence electrons. The second-order valence-corrected chi connectivity index (χ2v) is 6.00. The summed E-state index contributed by atoms with van der Waals surface area (Å²) in [5.74, 6) is -1.40. The fraction of sp³-hybridized carbons (Fsp3) is 0.300. The molecule has 2 rings (SSSR count). The second-order valence-electron chi connectivity index (χ2n) is 6.00. The van der Waals surface area contributed by atoms with E-state index < -0.39 is 19.2 Å². The first-order valence-electron chi connectivity index (χ1n) is 8.40. The molecule has 0 N–H and O–H groups in total. The molecule has 0 radical (unpaired) electrons. The van der Waals surface area contributed by atoms with Crippen molar-refractivity contribution in [2.75, 3.05) is 20.8 Å². The van der Waals surface area contributed by atoms with Gasteiger partial charge in [0.2, 0.25) is 0 Å². The minimum absolute atomic E-state index is 0.0438. The monoisotopic (exact) mass is 393 g/mol. The van der Waals surface area contributed by atoms with Crippen LogP contribution >= 0.6 is 0 Å². The summed E-state index contributed by atoms with van der Waals surface area (Å²) in [6.45, 7) is -1.13. The van der Waals surface area contributed by atoms with Gasteiger partial charge in [-0.1, -0.05) is 24.3 Å². The van der Waals surface area contributed by atoms with Gasteiger partial charge in [0.15, 0.2) is 18.1 Å². The highest BCUT2D eigenvalue weighted by molar-refractivity contribution is 5.92. The average molecular weight is 393 g/mol. The van der Waals surface area contributed by atoms with Crippen molar-refractivity contribution >= 4 is 11.9 Å². The molecule has 0 aromatic heterocycles. The Bertz CT molecular complexity index is 841. The maximum atomic E-state index is 12.4. The van der Waals surface area contributed by atoms with Gasteiger partial charge >= 0.3 is 12.6 Å². The topological polar surface area (TPSA) is 65.1 Å². The third-order valence-corrected chi connectivity index (χ3v) is 4.04. The highest BCUT2D eigenvalue weighted by atomic mass is 19.3. The number of halogens is 2. The van der Waals surface area contributed by atoms with E-state index in [2.05, 4.69) is 4.74 Å². The molecule has 0 spiro atoms. The van der Waals surface area contributed by atoms with Gasteiger partial charge in [-0.05, 0) is 36.2 Å². The Morgan fingerprint density at radius 1 is 1.11 bits per heavy atom. The zero-order chi connectivity index (χ0) is 20.7. The summed E-state index contributed by atoms with van der Waals surface area (Å²) >= 11 is 0. The number of esters is 1. The SMILES string of the molecule is COc1cc(C(=O)OCC(=O)N(C)Cc2ccccc2C)ccc1OC(F)F. The van der Waals surface area contributed by atoms with Crippen molar-refractivity contribution in [3.63, 3.8) is 0 Å². The van der Waals surface area contributed by atoms with Gasteiger partial charge in [-0.25, -0.2) is 4.79 Å². The van der Waals surface area contributed by atoms with Crippen molar-refractivity contribution in [3.05, 3.63) is 59.2 Å². The fourth-order valence-corrected chi connectivity index (χ4v) is 2.44. The molecule has 8 heteroatoms. The van der Waals surface area contributed by atoms with Crippen LogP contribution in [0.25, 0.3) is 0 Å². The minimum atomic E-state index is -3.02. The van der Waals surface area contributed by atoms with Crippen LogP contribution in [0.5, 0.6) is 11.5 Å². The molecular weight excluding hydrogens is 372 g/mol. The minimum Gasteiger partial charge on any atom is -0.493 e. The number of carbonyl (C=O) groups is 2. The van der Waals surface area contributed by atoms with Gasteiger partial charge in [0.1, 0.15) is 0 Å². The zero-order valence-electron chi connectivity index (χ0n) is 15.8. The molecule has 0 aliphatic carbocycles. The zero-order valence-corrected chi connectivity index (χ0v) is 15.8. The van der Waals surface area contributed by atoms with Crippen LogP contribution in [0.1, 0.15) is 21.5 Å². The summed E-state index contributed by atoms with van der Waals surface area (Å²) in [7, 11) is 2.87. The number of carbonyl (C=O) groups excluding carboxylic acids is 2. The first-order valence-corrected chi connectivity index (χ1v) is 8.40. The highest BCUT2D eigenvalue weighted by Gasteiger charge is 2.17. The van der Waals surface area contributed by atoms with Crippen LogP contribution in [0.3, 0.4) is 0 Å². The van der Waals surface area contributed by atoms with E-state index in [0.29, 0.717) is 6.54 Å². The van der Waals surface area contributed by atoms with Gasteiger partial charge in [0, 0.05) is 13.6 Å². The van der Waals surface area contributed by atoms with E-state index in [-0.39, 0.29) is 23.0 Å². The summed E-state index contributed by atoms with van der Waals surface area (Å²) in [5.41, 5.74) is 2.09. The Labute approximate surface area is 161 Å². The Kier molecular flexibility index (Phi) is 7.31. The van der Waals surface area contributed by atoms with Crippen LogP contribution < -0.4 is 9.47 Å². The number of aryl methyl sites for hydroxylation is 1. The van der Waals surface area contributed by atoms with Gasteiger partial charge < -0.3 is 19.1 Å². The summed E-state index contributed by atoms with van der Waals surface area (Å²) in [5, 5.41) is 0. The largest absolute Gasteiger partial charge is 0.493 e. The smallest absolute Gasteiger partial charge is 0.387 e. The predicted molar refractivity (Wildman–Crippen MR) is 97.6 cm³/mol. The number of alkyl halides is 2. The number of hydrogen-bond acceptors (Lipinski definition) is 5. The molecule has 6 nitrogen and oxygen atoms in total. The molecule has 0 fully saturated rings. The number of ether oxygens (including phenoxy) is 3. The van der Waals surface area contributed by atoms with Gasteiger partial charge in [-0.15, -0.1) is 0 Å². The third-order valence-electron chi connectivity index (χ3n) is 4.04. The number of hydrogen-bond donors (Lipinski definition) is 0. The lowest BCUT2D eigenvalue weighted by molar-refractivity contribution is -0.133. The van der Waals surface area contributed by atoms with Crippen molar-refractivity contribution in [3.8, 4) is 11.5 Å². The summed E-state index contributed by atoms with van der Waals surface area (Å²) in [4.78, 5) is 25.8. The lowest BCUT2D eigenvalue weighted by Crippen LogP contribution is -2.31. The van der Waals surface area contributed by atoms with Gasteiger partial charge in [0.25, 0.3) is 5.91 Å². The molecular formula is C20H21F2NO5. The lowest BCUT2D eigenvalue weighted by Gasteiger charge is -2.18. The van der Waals surface area contributed by atoms with Crippen molar-refractivity contribution in [1.82, 2.24) is 4.90 Å². The Morgan fingerprint density at radius 3 is 2.46 bits per heavy atom. The van der Waals surface area contributed by atoms with Gasteiger partial charge in [-0.2, -0.15) is 8.78 Å². The van der Waals surface area contributed by atoms with Crippen LogP contribution in [0.15, 0.2) is 42.5 Å². The van der Waals surface area contributed by atoms with E-state index in [0.717, 1.165) is 11.1 Å². The number of nitrogens with zero attached hydrogens (tertiary/aromatic N) is 1. The number of rotatable bonds is 8. The van der Waals surface area contributed by atoms with Gasteiger partial charge in [0.05, 0.1) is 12.7 Å². The standard InChI is InChI=1S/C20H21F2NO5/c1-13-6-4-5-7-15(13)11-23(2)18(24)12-27-19(25)14-8-9-16(28-20(21)22)17(10-14)26-3/h4-10,20H,11-12H2,1-3H3. The maximum absolute atomic E-state index is 12.4. The van der Waals surface area contributed by atoms with Crippen LogP contribution in [0.4, 0.5) is 8.78 Å². The van der Waals surface area contributed by atoms with Crippen LogP contribution in [0.2, 0.25) is 0 Å². The molecule has 0 heterocycles. The van der Waals surface area contributed by atoms with E-state index >= 15 is 0 Å². The molecule has 0 unspecified atom stereocenters. The Hall–Kier alpha value is -3.16. The first-order chi connectivity index (χ1) is 13.3. The van der Waals surface area contributed by atoms with Crippen LogP contribution in [0, 0.1) is 6.92 Å². The lowest BCUT2D eigenvalue weighted by atomic mass is 10.1. The Morgan fingerprint density at radius 2 is 1.82 bits per heavy atom. The van der Waals surface area contributed by atoms with Crippen molar-refractivity contribution < 1.29 is 32.6 Å². The fourth-order valence-electron chi connectivity index (χ4n) is 2.44. The number of methoxy groups -OCH3 is 1. The average Bonchev–Trinajstić information content (AvgIpc) is 2.67. The molecule has 1 amide bonds. The quantitative estimate of drug-likeness (QED) is 0.643. The molecule has 0 saturated heterocycles. The molecule has 0 saturated carbocycles. The Balaban J connectivity index is 1.95. The normalized spacial score (nSPS) is 10.5. The van der Waals surface area contributed by atoms with E-state index in [4.69, 9.17) is 9.47 Å². The van der Waals surface area contributed by atoms with Crippen LogP contribution in [-0.4, -0.2) is 44.2 Å². The summed E-state index contributed by atoms with van der Waals surface area (Å²) in [6.07, 6.45) is 0. The van der Waals surface area contributed by atoms with Crippen molar-refractivity contribution in [2.45, 2.75) is 20.1 Å². The molecule has 0 aliphatic rings. The maximum Gasteiger partial charge on any atom is 0.387 e. The van der Waals surface area contributed by atoms with Gasteiger partial charge in [-0.3, -0.25) is 4.79 Å². The third kappa shape index (κ3) is 5.67. The number of benzene rings is 2. The molecule has 0 atom stereocenters. The predicted octanol–water partition coefficient (Wildman–Crippen LogP) is 3.42. The summed E-state index contributed by atoms with van der Waals surface area (Å²) < 4.78 is 39.0. The molecule has 2 aromatic rings. The molecule has 28 heavy (non-hydrogen) atoms. The number of likely N-dealkylation sites (N-methyl/N-ethyl adjacent to an activating group) is 1. The molecule has 0 bridgehead atoms. The molecule has 2 aromatic carbocycles. The number of amides is 1. The van der Waals surface area contributed by atoms with Crippen LogP contribution in [-0.2, 0) is 16.1 Å². The van der Waals surface area contributed by atoms with E-state index in [1.54, 1.807) is 7.05 Å². The van der Waals surface area contributed by atoms with E-state index in [1.165, 1.54) is 30.2 Å². The molecule has 0 aliphatic heterocycles. The highest BCUT2D eigenvalue weighted by Crippen LogP contribution is 2.29. The van der Waals surface area contributed by atoms with E-state index in [1.807, 2.05) is 31.2 Å². The van der Waals surface area contributed by atoms with Crippen molar-refractivity contribution in [2.24, 2.45) is 0 Å². The van der Waals surface area contributed by atoms with E-state index in [9.17, 15) is 18.4 Å². The first kappa shape index (κ1) is 21.1.